The van der Waals surface area contributed by atoms with E-state index in [1.807, 2.05) is 13.8 Å². The molecule has 2 aliphatic rings. The fourth-order valence-corrected chi connectivity index (χ4v) is 3.88. The second-order valence-electron chi connectivity index (χ2n) is 7.05. The van der Waals surface area contributed by atoms with Gasteiger partial charge in [0.05, 0.1) is 19.3 Å². The molecular weight excluding hydrogens is 322 g/mol. The standard InChI is InChI=1S/C17H25N5O3/c1-11-15(17-18-12(2)20-25-17)22(8-9-23-11)10-14-19-16(24-21-14)13-6-4-3-5-7-13/h11,13,15H,3-10H2,1-2H3/t11-,15+/m1/s1. The molecular formula is C17H25N5O3. The van der Waals surface area contributed by atoms with Gasteiger partial charge in [-0.25, -0.2) is 0 Å². The molecule has 0 spiro atoms. The third-order valence-electron chi connectivity index (χ3n) is 5.18. The summed E-state index contributed by atoms with van der Waals surface area (Å²) in [5, 5.41) is 8.12. The number of aryl methyl sites for hydroxylation is 1. The molecule has 8 nitrogen and oxygen atoms in total. The fraction of sp³-hybridized carbons (Fsp3) is 0.765. The second kappa shape index (κ2) is 7.21. The molecule has 136 valence electrons. The van der Waals surface area contributed by atoms with E-state index in [0.717, 1.165) is 31.1 Å². The third kappa shape index (κ3) is 3.59. The van der Waals surface area contributed by atoms with Crippen molar-refractivity contribution in [2.75, 3.05) is 13.2 Å². The zero-order chi connectivity index (χ0) is 17.2. The molecule has 1 aliphatic heterocycles. The first kappa shape index (κ1) is 16.7. The van der Waals surface area contributed by atoms with Crippen LogP contribution in [0.3, 0.4) is 0 Å². The molecule has 0 N–H and O–H groups in total. The maximum atomic E-state index is 5.79. The van der Waals surface area contributed by atoms with Crippen molar-refractivity contribution in [3.8, 4) is 0 Å². The molecule has 2 fully saturated rings. The van der Waals surface area contributed by atoms with Gasteiger partial charge in [-0.15, -0.1) is 0 Å². The van der Waals surface area contributed by atoms with E-state index in [1.54, 1.807) is 0 Å². The fourth-order valence-electron chi connectivity index (χ4n) is 3.88. The third-order valence-corrected chi connectivity index (χ3v) is 5.18. The van der Waals surface area contributed by atoms with Crippen LogP contribution >= 0.6 is 0 Å². The topological polar surface area (TPSA) is 90.3 Å². The molecule has 8 heteroatoms. The van der Waals surface area contributed by atoms with Gasteiger partial charge in [-0.3, -0.25) is 4.90 Å². The Morgan fingerprint density at radius 3 is 2.60 bits per heavy atom. The minimum atomic E-state index is -0.0911. The maximum absolute atomic E-state index is 5.79. The molecule has 0 aromatic carbocycles. The lowest BCUT2D eigenvalue weighted by atomic mass is 9.89. The number of hydrogen-bond acceptors (Lipinski definition) is 8. The van der Waals surface area contributed by atoms with Crippen LogP contribution in [0.15, 0.2) is 9.05 Å². The van der Waals surface area contributed by atoms with Crippen molar-refractivity contribution in [1.82, 2.24) is 25.2 Å². The van der Waals surface area contributed by atoms with E-state index in [0.29, 0.717) is 30.8 Å². The largest absolute Gasteiger partial charge is 0.375 e. The second-order valence-corrected chi connectivity index (χ2v) is 7.05. The normalized spacial score (nSPS) is 26.2. The highest BCUT2D eigenvalue weighted by Crippen LogP contribution is 2.32. The molecule has 0 bridgehead atoms. The van der Waals surface area contributed by atoms with E-state index in [2.05, 4.69) is 25.2 Å². The minimum Gasteiger partial charge on any atom is -0.375 e. The Morgan fingerprint density at radius 1 is 1.04 bits per heavy atom. The molecule has 2 aromatic rings. The molecule has 0 amide bonds. The van der Waals surface area contributed by atoms with Crippen molar-refractivity contribution in [2.24, 2.45) is 0 Å². The highest BCUT2D eigenvalue weighted by Gasteiger charge is 2.36. The zero-order valence-corrected chi connectivity index (χ0v) is 14.8. The van der Waals surface area contributed by atoms with E-state index >= 15 is 0 Å². The number of rotatable bonds is 4. The lowest BCUT2D eigenvalue weighted by molar-refractivity contribution is -0.0772. The van der Waals surface area contributed by atoms with E-state index in [4.69, 9.17) is 13.8 Å². The zero-order valence-electron chi connectivity index (χ0n) is 14.8. The van der Waals surface area contributed by atoms with Crippen molar-refractivity contribution < 1.29 is 13.8 Å². The van der Waals surface area contributed by atoms with Crippen molar-refractivity contribution >= 4 is 0 Å². The molecule has 25 heavy (non-hydrogen) atoms. The van der Waals surface area contributed by atoms with Crippen LogP contribution < -0.4 is 0 Å². The highest BCUT2D eigenvalue weighted by atomic mass is 16.5. The Bertz CT molecular complexity index is 694. The lowest BCUT2D eigenvalue weighted by Gasteiger charge is -2.36. The van der Waals surface area contributed by atoms with Crippen LogP contribution in [0.2, 0.25) is 0 Å². The monoisotopic (exact) mass is 347 g/mol. The van der Waals surface area contributed by atoms with E-state index < -0.39 is 0 Å². The van der Waals surface area contributed by atoms with Gasteiger partial charge in [0, 0.05) is 12.5 Å². The van der Waals surface area contributed by atoms with E-state index in [9.17, 15) is 0 Å². The molecule has 0 unspecified atom stereocenters. The van der Waals surface area contributed by atoms with Gasteiger partial charge in [-0.05, 0) is 26.7 Å². The van der Waals surface area contributed by atoms with Gasteiger partial charge in [0.25, 0.3) is 0 Å². The predicted molar refractivity (Wildman–Crippen MR) is 87.7 cm³/mol. The van der Waals surface area contributed by atoms with Crippen LogP contribution in [0.25, 0.3) is 0 Å². The summed E-state index contributed by atoms with van der Waals surface area (Å²) in [6, 6.07) is -0.0911. The van der Waals surface area contributed by atoms with Crippen molar-refractivity contribution in [1.29, 1.82) is 0 Å². The number of nitrogens with zero attached hydrogens (tertiary/aromatic N) is 5. The summed E-state index contributed by atoms with van der Waals surface area (Å²) in [5.41, 5.74) is 0. The molecule has 2 aromatic heterocycles. The first-order valence-corrected chi connectivity index (χ1v) is 9.19. The van der Waals surface area contributed by atoms with E-state index in [1.165, 1.54) is 19.3 Å². The summed E-state index contributed by atoms with van der Waals surface area (Å²) in [4.78, 5) is 11.3. The molecule has 1 saturated heterocycles. The Balaban J connectivity index is 1.49. The van der Waals surface area contributed by atoms with Crippen molar-refractivity contribution in [3.63, 3.8) is 0 Å². The highest BCUT2D eigenvalue weighted by molar-refractivity contribution is 5.00. The molecule has 1 aliphatic carbocycles. The summed E-state index contributed by atoms with van der Waals surface area (Å²) in [5.74, 6) is 3.15. The molecule has 3 heterocycles. The van der Waals surface area contributed by atoms with Crippen LogP contribution in [-0.4, -0.2) is 44.4 Å². The SMILES string of the molecule is Cc1noc([C@@H]2[C@@H](C)OCCN2Cc2noc(C3CCCCC3)n2)n1. The van der Waals surface area contributed by atoms with Gasteiger partial charge in [0.1, 0.15) is 6.04 Å². The van der Waals surface area contributed by atoms with Gasteiger partial charge in [0.15, 0.2) is 11.6 Å². The lowest BCUT2D eigenvalue weighted by Crippen LogP contribution is -2.44. The van der Waals surface area contributed by atoms with Gasteiger partial charge in [-0.1, -0.05) is 29.6 Å². The quantitative estimate of drug-likeness (QED) is 0.834. The van der Waals surface area contributed by atoms with Crippen LogP contribution in [-0.2, 0) is 11.3 Å². The smallest absolute Gasteiger partial charge is 0.246 e. The number of morpholine rings is 1. The Hall–Kier alpha value is -1.80. The van der Waals surface area contributed by atoms with Crippen LogP contribution in [0, 0.1) is 6.92 Å². The van der Waals surface area contributed by atoms with Gasteiger partial charge in [-0.2, -0.15) is 9.97 Å². The van der Waals surface area contributed by atoms with Gasteiger partial charge in [0.2, 0.25) is 11.8 Å². The van der Waals surface area contributed by atoms with Gasteiger partial charge >= 0.3 is 0 Å². The minimum absolute atomic E-state index is 0.0293. The summed E-state index contributed by atoms with van der Waals surface area (Å²) in [6.07, 6.45) is 6.09. The Labute approximate surface area is 146 Å². The van der Waals surface area contributed by atoms with Crippen molar-refractivity contribution in [3.05, 3.63) is 23.4 Å². The first-order valence-electron chi connectivity index (χ1n) is 9.19. The first-order chi connectivity index (χ1) is 12.2. The average molecular weight is 347 g/mol. The van der Waals surface area contributed by atoms with Crippen molar-refractivity contribution in [2.45, 2.75) is 70.6 Å². The summed E-state index contributed by atoms with van der Waals surface area (Å²) in [7, 11) is 0. The molecule has 2 atom stereocenters. The van der Waals surface area contributed by atoms with Crippen LogP contribution in [0.4, 0.5) is 0 Å². The molecule has 1 saturated carbocycles. The van der Waals surface area contributed by atoms with Crippen LogP contribution in [0.1, 0.15) is 74.4 Å². The molecule has 0 radical (unpaired) electrons. The van der Waals surface area contributed by atoms with Crippen LogP contribution in [0.5, 0.6) is 0 Å². The average Bonchev–Trinajstić information content (AvgIpc) is 3.25. The Kier molecular flexibility index (Phi) is 4.80. The summed E-state index contributed by atoms with van der Waals surface area (Å²) in [6.45, 7) is 5.87. The Morgan fingerprint density at radius 2 is 1.84 bits per heavy atom. The number of hydrogen-bond donors (Lipinski definition) is 0. The molecule has 4 rings (SSSR count). The van der Waals surface area contributed by atoms with E-state index in [-0.39, 0.29) is 12.1 Å². The van der Waals surface area contributed by atoms with Gasteiger partial charge < -0.3 is 13.8 Å². The number of ether oxygens (including phenoxy) is 1. The predicted octanol–water partition coefficient (Wildman–Crippen LogP) is 2.77. The summed E-state index contributed by atoms with van der Waals surface area (Å²) < 4.78 is 16.7. The number of aromatic nitrogens is 4. The summed E-state index contributed by atoms with van der Waals surface area (Å²) >= 11 is 0. The maximum Gasteiger partial charge on any atom is 0.246 e.